The van der Waals surface area contributed by atoms with Gasteiger partial charge in [-0.3, -0.25) is 0 Å². The van der Waals surface area contributed by atoms with Crippen LogP contribution < -0.4 is 15.0 Å². The summed E-state index contributed by atoms with van der Waals surface area (Å²) in [6.45, 7) is 5.49. The summed E-state index contributed by atoms with van der Waals surface area (Å²) in [6.07, 6.45) is 7.10. The normalized spacial score (nSPS) is 24.1. The van der Waals surface area contributed by atoms with Crippen molar-refractivity contribution in [1.82, 2.24) is 5.32 Å². The summed E-state index contributed by atoms with van der Waals surface area (Å²) in [4.78, 5) is 2.54. The molecule has 21 heavy (non-hydrogen) atoms. The topological polar surface area (TPSA) is 24.5 Å². The van der Waals surface area contributed by atoms with Gasteiger partial charge in [-0.25, -0.2) is 0 Å². The lowest BCUT2D eigenvalue weighted by Crippen LogP contribution is -2.54. The summed E-state index contributed by atoms with van der Waals surface area (Å²) in [6, 6.07) is 7.24. The van der Waals surface area contributed by atoms with Crippen LogP contribution in [-0.4, -0.2) is 32.8 Å². The van der Waals surface area contributed by atoms with Gasteiger partial charge < -0.3 is 15.0 Å². The van der Waals surface area contributed by atoms with Gasteiger partial charge in [0, 0.05) is 31.4 Å². The molecule has 1 N–H and O–H groups in total. The third kappa shape index (κ3) is 3.34. The van der Waals surface area contributed by atoms with E-state index in [2.05, 4.69) is 35.3 Å². The summed E-state index contributed by atoms with van der Waals surface area (Å²) >= 11 is 0. The van der Waals surface area contributed by atoms with E-state index in [0.29, 0.717) is 6.04 Å². The monoisotopic (exact) mass is 288 g/mol. The average Bonchev–Trinajstić information content (AvgIpc) is 2.56. The molecule has 3 rings (SSSR count). The summed E-state index contributed by atoms with van der Waals surface area (Å²) < 4.78 is 5.37. The van der Waals surface area contributed by atoms with Gasteiger partial charge in [0.15, 0.2) is 0 Å². The molecule has 2 aliphatic rings. The van der Waals surface area contributed by atoms with Crippen molar-refractivity contribution in [3.8, 4) is 5.75 Å². The first kappa shape index (κ1) is 14.7. The van der Waals surface area contributed by atoms with Crippen molar-refractivity contribution in [3.63, 3.8) is 0 Å². The molecule has 3 nitrogen and oxygen atoms in total. The van der Waals surface area contributed by atoms with Crippen LogP contribution in [0.15, 0.2) is 18.2 Å². The molecule has 0 radical (unpaired) electrons. The van der Waals surface area contributed by atoms with Gasteiger partial charge in [0.2, 0.25) is 0 Å². The second kappa shape index (κ2) is 6.69. The van der Waals surface area contributed by atoms with Crippen LogP contribution in [-0.2, 0) is 0 Å². The second-order valence-electron chi connectivity index (χ2n) is 6.56. The maximum absolute atomic E-state index is 5.37. The SMILES string of the molecule is COc1ccc(N2CCNC(C3CCCCC3)C2)cc1C. The van der Waals surface area contributed by atoms with E-state index >= 15 is 0 Å². The van der Waals surface area contributed by atoms with Gasteiger partial charge in [0.1, 0.15) is 5.75 Å². The molecule has 116 valence electrons. The highest BCUT2D eigenvalue weighted by Gasteiger charge is 2.28. The Balaban J connectivity index is 1.69. The van der Waals surface area contributed by atoms with Gasteiger partial charge in [0.05, 0.1) is 7.11 Å². The predicted octanol–water partition coefficient (Wildman–Crippen LogP) is 3.36. The van der Waals surface area contributed by atoms with Crippen molar-refractivity contribution in [3.05, 3.63) is 23.8 Å². The van der Waals surface area contributed by atoms with Crippen LogP contribution in [0.2, 0.25) is 0 Å². The van der Waals surface area contributed by atoms with Gasteiger partial charge in [0.25, 0.3) is 0 Å². The lowest BCUT2D eigenvalue weighted by Gasteiger charge is -2.40. The molecule has 0 bridgehead atoms. The van der Waals surface area contributed by atoms with Crippen LogP contribution in [0.25, 0.3) is 0 Å². The third-order valence-corrected chi connectivity index (χ3v) is 5.17. The molecule has 2 fully saturated rings. The number of rotatable bonds is 3. The molecule has 0 spiro atoms. The predicted molar refractivity (Wildman–Crippen MR) is 88.3 cm³/mol. The third-order valence-electron chi connectivity index (χ3n) is 5.17. The number of methoxy groups -OCH3 is 1. The fourth-order valence-corrected chi connectivity index (χ4v) is 3.92. The lowest BCUT2D eigenvalue weighted by molar-refractivity contribution is 0.257. The Morgan fingerprint density at radius 3 is 2.71 bits per heavy atom. The van der Waals surface area contributed by atoms with Gasteiger partial charge in [-0.05, 0) is 49.4 Å². The van der Waals surface area contributed by atoms with Crippen LogP contribution in [0.4, 0.5) is 5.69 Å². The van der Waals surface area contributed by atoms with E-state index in [0.717, 1.165) is 31.3 Å². The first-order valence-electron chi connectivity index (χ1n) is 8.41. The highest BCUT2D eigenvalue weighted by atomic mass is 16.5. The Kier molecular flexibility index (Phi) is 4.69. The van der Waals surface area contributed by atoms with Gasteiger partial charge >= 0.3 is 0 Å². The van der Waals surface area contributed by atoms with Crippen molar-refractivity contribution in [2.75, 3.05) is 31.6 Å². The highest BCUT2D eigenvalue weighted by molar-refractivity contribution is 5.53. The molecule has 1 saturated heterocycles. The molecule has 1 aliphatic heterocycles. The van der Waals surface area contributed by atoms with Gasteiger partial charge in [-0.2, -0.15) is 0 Å². The number of aryl methyl sites for hydroxylation is 1. The van der Waals surface area contributed by atoms with Crippen LogP contribution in [0.1, 0.15) is 37.7 Å². The molecule has 0 amide bonds. The van der Waals surface area contributed by atoms with Gasteiger partial charge in [-0.1, -0.05) is 19.3 Å². The average molecular weight is 288 g/mol. The summed E-state index contributed by atoms with van der Waals surface area (Å²) in [5, 5.41) is 3.76. The van der Waals surface area contributed by atoms with E-state index in [4.69, 9.17) is 4.74 Å². The maximum Gasteiger partial charge on any atom is 0.121 e. The van der Waals surface area contributed by atoms with Crippen molar-refractivity contribution >= 4 is 5.69 Å². The standard InChI is InChI=1S/C18H28N2O/c1-14-12-16(8-9-18(14)21-2)20-11-10-19-17(13-20)15-6-4-3-5-7-15/h8-9,12,15,17,19H,3-7,10-11,13H2,1-2H3. The fraction of sp³-hybridized carbons (Fsp3) is 0.667. The zero-order valence-corrected chi connectivity index (χ0v) is 13.4. The van der Waals surface area contributed by atoms with Crippen molar-refractivity contribution in [1.29, 1.82) is 0 Å². The minimum absolute atomic E-state index is 0.668. The Hall–Kier alpha value is -1.22. The second-order valence-corrected chi connectivity index (χ2v) is 6.56. The number of nitrogens with zero attached hydrogens (tertiary/aromatic N) is 1. The molecule has 1 aliphatic carbocycles. The van der Waals surface area contributed by atoms with E-state index in [1.54, 1.807) is 7.11 Å². The molecular weight excluding hydrogens is 260 g/mol. The molecule has 3 heteroatoms. The number of ether oxygens (including phenoxy) is 1. The number of hydrogen-bond donors (Lipinski definition) is 1. The number of anilines is 1. The molecule has 1 aromatic carbocycles. The largest absolute Gasteiger partial charge is 0.496 e. The van der Waals surface area contributed by atoms with Crippen molar-refractivity contribution in [2.24, 2.45) is 5.92 Å². The number of hydrogen-bond acceptors (Lipinski definition) is 3. The van der Waals surface area contributed by atoms with Crippen LogP contribution in [0, 0.1) is 12.8 Å². The number of piperazine rings is 1. The minimum Gasteiger partial charge on any atom is -0.496 e. The van der Waals surface area contributed by atoms with Gasteiger partial charge in [-0.15, -0.1) is 0 Å². The molecule has 1 atom stereocenters. The van der Waals surface area contributed by atoms with E-state index in [1.165, 1.54) is 43.4 Å². The molecule has 1 heterocycles. The molecule has 0 aromatic heterocycles. The van der Waals surface area contributed by atoms with Crippen LogP contribution in [0.5, 0.6) is 5.75 Å². The Bertz CT molecular complexity index is 468. The van der Waals surface area contributed by atoms with Crippen molar-refractivity contribution in [2.45, 2.75) is 45.1 Å². The molecular formula is C18H28N2O. The fourth-order valence-electron chi connectivity index (χ4n) is 3.92. The Labute approximate surface area is 128 Å². The number of nitrogens with one attached hydrogen (secondary N) is 1. The highest BCUT2D eigenvalue weighted by Crippen LogP contribution is 2.30. The first-order valence-corrected chi connectivity index (χ1v) is 8.41. The van der Waals surface area contributed by atoms with E-state index in [9.17, 15) is 0 Å². The Morgan fingerprint density at radius 2 is 2.00 bits per heavy atom. The number of benzene rings is 1. The van der Waals surface area contributed by atoms with Crippen molar-refractivity contribution < 1.29 is 4.74 Å². The maximum atomic E-state index is 5.37. The summed E-state index contributed by atoms with van der Waals surface area (Å²) in [7, 11) is 1.74. The quantitative estimate of drug-likeness (QED) is 0.923. The molecule has 1 aromatic rings. The minimum atomic E-state index is 0.668. The lowest BCUT2D eigenvalue weighted by atomic mass is 9.83. The zero-order chi connectivity index (χ0) is 14.7. The van der Waals surface area contributed by atoms with E-state index < -0.39 is 0 Å². The van der Waals surface area contributed by atoms with Crippen LogP contribution in [0.3, 0.4) is 0 Å². The van der Waals surface area contributed by atoms with E-state index in [1.807, 2.05) is 0 Å². The summed E-state index contributed by atoms with van der Waals surface area (Å²) in [5.74, 6) is 1.86. The molecule has 1 unspecified atom stereocenters. The molecule has 1 saturated carbocycles. The Morgan fingerprint density at radius 1 is 1.19 bits per heavy atom. The smallest absolute Gasteiger partial charge is 0.121 e. The zero-order valence-electron chi connectivity index (χ0n) is 13.4. The first-order chi connectivity index (χ1) is 10.3. The summed E-state index contributed by atoms with van der Waals surface area (Å²) in [5.41, 5.74) is 2.57. The van der Waals surface area contributed by atoms with Crippen LogP contribution >= 0.6 is 0 Å². The van der Waals surface area contributed by atoms with E-state index in [-0.39, 0.29) is 0 Å².